The maximum Gasteiger partial charge on any atom is 0.215 e. The molecule has 1 unspecified atom stereocenters. The first-order chi connectivity index (χ1) is 6.08. The van der Waals surface area contributed by atoms with Crippen LogP contribution in [0.4, 0.5) is 0 Å². The third kappa shape index (κ3) is 2.65. The Morgan fingerprint density at radius 2 is 2.23 bits per heavy atom. The minimum atomic E-state index is -3.06. The number of hydrogen-bond donors (Lipinski definition) is 1. The Hall–Kier alpha value is -0.130. The van der Waals surface area contributed by atoms with E-state index in [9.17, 15) is 8.42 Å². The third-order valence-corrected chi connectivity index (χ3v) is 4.33. The Balaban J connectivity index is 2.58. The van der Waals surface area contributed by atoms with E-state index >= 15 is 0 Å². The Morgan fingerprint density at radius 3 is 2.69 bits per heavy atom. The fourth-order valence-electron chi connectivity index (χ4n) is 1.56. The predicted octanol–water partition coefficient (Wildman–Crippen LogP) is 0.497. The average molecular weight is 206 g/mol. The summed E-state index contributed by atoms with van der Waals surface area (Å²) >= 11 is 0. The summed E-state index contributed by atoms with van der Waals surface area (Å²) in [6.07, 6.45) is 3.05. The first-order valence-electron chi connectivity index (χ1n) is 4.83. The molecule has 0 aromatic carbocycles. The lowest BCUT2D eigenvalue weighted by atomic mass is 10.3. The molecule has 2 N–H and O–H groups in total. The van der Waals surface area contributed by atoms with Crippen LogP contribution < -0.4 is 5.73 Å². The molecule has 0 saturated carbocycles. The summed E-state index contributed by atoms with van der Waals surface area (Å²) in [4.78, 5) is 0. The first kappa shape index (κ1) is 10.9. The van der Waals surface area contributed by atoms with Crippen LogP contribution in [0, 0.1) is 0 Å². The number of sulfonamides is 1. The van der Waals surface area contributed by atoms with E-state index in [1.54, 1.807) is 0 Å². The molecule has 1 heterocycles. The van der Waals surface area contributed by atoms with Crippen molar-refractivity contribution in [1.82, 2.24) is 4.31 Å². The summed E-state index contributed by atoms with van der Waals surface area (Å²) in [5, 5.41) is 0. The van der Waals surface area contributed by atoms with Gasteiger partial charge in [0.2, 0.25) is 10.0 Å². The molecule has 0 bridgehead atoms. The van der Waals surface area contributed by atoms with Gasteiger partial charge in [-0.2, -0.15) is 4.31 Å². The van der Waals surface area contributed by atoms with Crippen LogP contribution in [0.1, 0.15) is 32.6 Å². The van der Waals surface area contributed by atoms with Gasteiger partial charge in [0.25, 0.3) is 0 Å². The fraction of sp³-hybridized carbons (Fsp3) is 1.00. The highest BCUT2D eigenvalue weighted by Crippen LogP contribution is 2.18. The van der Waals surface area contributed by atoms with Gasteiger partial charge in [-0.05, 0) is 19.3 Å². The van der Waals surface area contributed by atoms with Crippen LogP contribution in [0.25, 0.3) is 0 Å². The van der Waals surface area contributed by atoms with E-state index in [2.05, 4.69) is 0 Å². The van der Waals surface area contributed by atoms with E-state index in [1.807, 2.05) is 6.92 Å². The van der Waals surface area contributed by atoms with Crippen LogP contribution in [-0.2, 0) is 10.0 Å². The van der Waals surface area contributed by atoms with E-state index in [4.69, 9.17) is 5.73 Å². The fourth-order valence-corrected chi connectivity index (χ4v) is 3.37. The maximum atomic E-state index is 11.6. The van der Waals surface area contributed by atoms with Gasteiger partial charge in [0.05, 0.1) is 11.9 Å². The number of nitrogens with zero attached hydrogens (tertiary/aromatic N) is 1. The van der Waals surface area contributed by atoms with Crippen LogP contribution in [0.3, 0.4) is 0 Å². The van der Waals surface area contributed by atoms with Crippen LogP contribution >= 0.6 is 0 Å². The minimum absolute atomic E-state index is 0.247. The lowest BCUT2D eigenvalue weighted by molar-refractivity contribution is 0.395. The molecule has 1 aliphatic heterocycles. The molecule has 0 aromatic rings. The topological polar surface area (TPSA) is 63.4 Å². The van der Waals surface area contributed by atoms with Crippen molar-refractivity contribution < 1.29 is 8.42 Å². The van der Waals surface area contributed by atoms with E-state index in [-0.39, 0.29) is 11.9 Å². The molecule has 1 saturated heterocycles. The molecule has 0 aliphatic carbocycles. The third-order valence-electron chi connectivity index (χ3n) is 2.36. The van der Waals surface area contributed by atoms with Crippen LogP contribution in [0.5, 0.6) is 0 Å². The molecule has 1 atom stereocenters. The van der Waals surface area contributed by atoms with Gasteiger partial charge in [-0.25, -0.2) is 8.42 Å². The zero-order chi connectivity index (χ0) is 9.90. The minimum Gasteiger partial charge on any atom is -0.315 e. The molecule has 78 valence electrons. The molecule has 0 amide bonds. The molecule has 0 radical (unpaired) electrons. The summed E-state index contributed by atoms with van der Waals surface area (Å²) in [6.45, 7) is 2.59. The summed E-state index contributed by atoms with van der Waals surface area (Å²) in [5.41, 5.74) is 5.68. The van der Waals surface area contributed by atoms with Crippen molar-refractivity contribution in [1.29, 1.82) is 0 Å². The van der Waals surface area contributed by atoms with Crippen molar-refractivity contribution in [2.45, 2.75) is 38.8 Å². The van der Waals surface area contributed by atoms with Crippen molar-refractivity contribution in [3.8, 4) is 0 Å². The van der Waals surface area contributed by atoms with E-state index in [1.165, 1.54) is 4.31 Å². The highest BCUT2D eigenvalue weighted by atomic mass is 32.2. The van der Waals surface area contributed by atoms with Gasteiger partial charge in [0.1, 0.15) is 0 Å². The Labute approximate surface area is 80.1 Å². The largest absolute Gasteiger partial charge is 0.315 e. The second-order valence-electron chi connectivity index (χ2n) is 3.49. The Morgan fingerprint density at radius 1 is 1.54 bits per heavy atom. The number of nitrogens with two attached hydrogens (primary N) is 1. The SMILES string of the molecule is CCCCS(=O)(=O)N1CCCC1N. The molecule has 1 rings (SSSR count). The van der Waals surface area contributed by atoms with Gasteiger partial charge < -0.3 is 5.73 Å². The number of rotatable bonds is 4. The van der Waals surface area contributed by atoms with Gasteiger partial charge in [-0.1, -0.05) is 13.3 Å². The molecule has 1 aliphatic rings. The van der Waals surface area contributed by atoms with Gasteiger partial charge in [-0.3, -0.25) is 0 Å². The van der Waals surface area contributed by atoms with Crippen molar-refractivity contribution in [2.24, 2.45) is 5.73 Å². The lowest BCUT2D eigenvalue weighted by Gasteiger charge is -2.20. The molecule has 4 nitrogen and oxygen atoms in total. The predicted molar refractivity (Wildman–Crippen MR) is 52.6 cm³/mol. The van der Waals surface area contributed by atoms with Crippen LogP contribution in [0.15, 0.2) is 0 Å². The Bertz CT molecular complexity index is 251. The summed E-state index contributed by atoms with van der Waals surface area (Å²) < 4.78 is 24.7. The molecule has 0 aromatic heterocycles. The van der Waals surface area contributed by atoms with Gasteiger partial charge in [0, 0.05) is 6.54 Å². The molecule has 13 heavy (non-hydrogen) atoms. The molecular weight excluding hydrogens is 188 g/mol. The van der Waals surface area contributed by atoms with Crippen molar-refractivity contribution in [2.75, 3.05) is 12.3 Å². The first-order valence-corrected chi connectivity index (χ1v) is 6.44. The summed E-state index contributed by atoms with van der Waals surface area (Å²) in [7, 11) is -3.06. The second-order valence-corrected chi connectivity index (χ2v) is 5.53. The Kier molecular flexibility index (Phi) is 3.70. The molecule has 0 spiro atoms. The van der Waals surface area contributed by atoms with E-state index in [0.29, 0.717) is 6.54 Å². The second kappa shape index (κ2) is 4.39. The maximum absolute atomic E-state index is 11.6. The van der Waals surface area contributed by atoms with Gasteiger partial charge >= 0.3 is 0 Å². The zero-order valence-electron chi connectivity index (χ0n) is 8.07. The van der Waals surface area contributed by atoms with Crippen molar-refractivity contribution in [3.05, 3.63) is 0 Å². The number of hydrogen-bond acceptors (Lipinski definition) is 3. The monoisotopic (exact) mass is 206 g/mol. The van der Waals surface area contributed by atoms with Crippen molar-refractivity contribution in [3.63, 3.8) is 0 Å². The van der Waals surface area contributed by atoms with Gasteiger partial charge in [0.15, 0.2) is 0 Å². The molecule has 5 heteroatoms. The summed E-state index contributed by atoms with van der Waals surface area (Å²) in [6, 6.07) is 0. The average Bonchev–Trinajstić information content (AvgIpc) is 2.48. The highest BCUT2D eigenvalue weighted by molar-refractivity contribution is 7.89. The van der Waals surface area contributed by atoms with E-state index in [0.717, 1.165) is 25.7 Å². The van der Waals surface area contributed by atoms with Crippen LogP contribution in [0.2, 0.25) is 0 Å². The quantitative estimate of drug-likeness (QED) is 0.728. The molecular formula is C8H18N2O2S. The smallest absolute Gasteiger partial charge is 0.215 e. The standard InChI is InChI=1S/C8H18N2O2S/c1-2-3-7-13(11,12)10-6-4-5-8(10)9/h8H,2-7,9H2,1H3. The van der Waals surface area contributed by atoms with Crippen molar-refractivity contribution >= 4 is 10.0 Å². The lowest BCUT2D eigenvalue weighted by Crippen LogP contribution is -2.42. The van der Waals surface area contributed by atoms with Gasteiger partial charge in [-0.15, -0.1) is 0 Å². The van der Waals surface area contributed by atoms with Crippen LogP contribution in [-0.4, -0.2) is 31.2 Å². The highest BCUT2D eigenvalue weighted by Gasteiger charge is 2.30. The zero-order valence-corrected chi connectivity index (χ0v) is 8.89. The summed E-state index contributed by atoms with van der Waals surface area (Å²) in [5.74, 6) is 0.247. The molecule has 1 fully saturated rings. The normalized spacial score (nSPS) is 25.2. The van der Waals surface area contributed by atoms with E-state index < -0.39 is 10.0 Å². The number of unbranched alkanes of at least 4 members (excludes halogenated alkanes) is 1.